The summed E-state index contributed by atoms with van der Waals surface area (Å²) in [5.41, 5.74) is 2.08. The highest BCUT2D eigenvalue weighted by Crippen LogP contribution is 2.22. The first kappa shape index (κ1) is 18.9. The molecule has 1 amide bonds. The van der Waals surface area contributed by atoms with Gasteiger partial charge in [-0.05, 0) is 33.6 Å². The Labute approximate surface area is 165 Å². The number of piperazine rings is 1. The van der Waals surface area contributed by atoms with Gasteiger partial charge in [0.25, 0.3) is 0 Å². The summed E-state index contributed by atoms with van der Waals surface area (Å²) in [4.78, 5) is 30.6. The summed E-state index contributed by atoms with van der Waals surface area (Å²) in [6.45, 7) is 10.4. The van der Waals surface area contributed by atoms with Crippen LogP contribution >= 0.6 is 0 Å². The molecule has 2 aliphatic heterocycles. The van der Waals surface area contributed by atoms with Crippen molar-refractivity contribution in [1.29, 1.82) is 0 Å². The number of anilines is 1. The molecule has 0 saturated carbocycles. The van der Waals surface area contributed by atoms with Crippen LogP contribution in [0, 0.1) is 26.7 Å². The monoisotopic (exact) mass is 384 g/mol. The third-order valence-electron chi connectivity index (χ3n) is 5.80. The normalized spacial score (nSPS) is 18.5. The van der Waals surface area contributed by atoms with Gasteiger partial charge in [-0.25, -0.2) is 15.0 Å². The fraction of sp³-hybridized carbons (Fsp3) is 0.600. The molecule has 0 spiro atoms. The predicted octanol–water partition coefficient (Wildman–Crippen LogP) is 1.66. The van der Waals surface area contributed by atoms with E-state index < -0.39 is 0 Å². The summed E-state index contributed by atoms with van der Waals surface area (Å²) >= 11 is 0. The van der Waals surface area contributed by atoms with Crippen LogP contribution in [0.4, 0.5) is 5.82 Å². The summed E-state index contributed by atoms with van der Waals surface area (Å²) < 4.78 is 7.38. The average molecular weight is 384 g/mol. The van der Waals surface area contributed by atoms with Crippen LogP contribution in [0.25, 0.3) is 5.82 Å². The van der Waals surface area contributed by atoms with E-state index in [0.29, 0.717) is 13.2 Å². The summed E-state index contributed by atoms with van der Waals surface area (Å²) in [5.74, 6) is 2.89. The molecule has 2 aromatic rings. The first-order valence-corrected chi connectivity index (χ1v) is 10.0. The van der Waals surface area contributed by atoms with Gasteiger partial charge in [0.15, 0.2) is 0 Å². The van der Waals surface area contributed by atoms with Crippen molar-refractivity contribution < 1.29 is 9.53 Å². The zero-order valence-electron chi connectivity index (χ0n) is 16.9. The van der Waals surface area contributed by atoms with E-state index in [0.717, 1.165) is 67.9 Å². The van der Waals surface area contributed by atoms with Gasteiger partial charge in [-0.15, -0.1) is 0 Å². The molecule has 150 valence electrons. The Morgan fingerprint density at radius 1 is 1.04 bits per heavy atom. The molecule has 8 nitrogen and oxygen atoms in total. The van der Waals surface area contributed by atoms with Gasteiger partial charge in [0.05, 0.1) is 5.69 Å². The molecule has 0 aromatic carbocycles. The van der Waals surface area contributed by atoms with E-state index in [-0.39, 0.29) is 11.8 Å². The molecule has 4 rings (SSSR count). The molecule has 0 aliphatic carbocycles. The zero-order valence-corrected chi connectivity index (χ0v) is 16.9. The quantitative estimate of drug-likeness (QED) is 0.801. The lowest BCUT2D eigenvalue weighted by Crippen LogP contribution is -2.51. The molecule has 2 fully saturated rings. The lowest BCUT2D eigenvalue weighted by Gasteiger charge is -2.37. The van der Waals surface area contributed by atoms with E-state index in [1.54, 1.807) is 6.33 Å². The highest BCUT2D eigenvalue weighted by Gasteiger charge is 2.29. The number of hydrogen-bond acceptors (Lipinski definition) is 6. The third kappa shape index (κ3) is 3.73. The highest BCUT2D eigenvalue weighted by molar-refractivity contribution is 5.79. The van der Waals surface area contributed by atoms with Crippen molar-refractivity contribution in [3.63, 3.8) is 0 Å². The van der Waals surface area contributed by atoms with Gasteiger partial charge in [-0.1, -0.05) is 0 Å². The summed E-state index contributed by atoms with van der Waals surface area (Å²) in [5, 5.41) is 0. The van der Waals surface area contributed by atoms with Crippen LogP contribution in [0.1, 0.15) is 30.1 Å². The van der Waals surface area contributed by atoms with Gasteiger partial charge in [0.2, 0.25) is 5.91 Å². The minimum atomic E-state index is 0.126. The van der Waals surface area contributed by atoms with Crippen LogP contribution < -0.4 is 4.90 Å². The Morgan fingerprint density at radius 2 is 1.71 bits per heavy atom. The lowest BCUT2D eigenvalue weighted by molar-refractivity contribution is -0.138. The van der Waals surface area contributed by atoms with Crippen LogP contribution in [0.2, 0.25) is 0 Å². The maximum Gasteiger partial charge on any atom is 0.225 e. The minimum absolute atomic E-state index is 0.126. The topological polar surface area (TPSA) is 76.4 Å². The van der Waals surface area contributed by atoms with Crippen molar-refractivity contribution in [3.8, 4) is 5.82 Å². The Kier molecular flexibility index (Phi) is 5.30. The molecule has 0 unspecified atom stereocenters. The van der Waals surface area contributed by atoms with Crippen molar-refractivity contribution in [2.24, 2.45) is 5.92 Å². The molecule has 4 heterocycles. The average Bonchev–Trinajstić information content (AvgIpc) is 3.06. The maximum absolute atomic E-state index is 12.7. The first-order chi connectivity index (χ1) is 13.5. The molecule has 8 heteroatoms. The van der Waals surface area contributed by atoms with Gasteiger partial charge >= 0.3 is 0 Å². The molecule has 2 aliphatic rings. The van der Waals surface area contributed by atoms with Crippen molar-refractivity contribution in [3.05, 3.63) is 29.6 Å². The van der Waals surface area contributed by atoms with Gasteiger partial charge < -0.3 is 14.5 Å². The summed E-state index contributed by atoms with van der Waals surface area (Å²) in [6, 6.07) is 2.01. The second-order valence-corrected chi connectivity index (χ2v) is 7.62. The number of ether oxygens (including phenoxy) is 1. The number of aromatic nitrogens is 4. The first-order valence-electron chi connectivity index (χ1n) is 10.0. The van der Waals surface area contributed by atoms with Crippen LogP contribution in [0.3, 0.4) is 0 Å². The SMILES string of the molecule is Cc1nc(N2CCN(C(=O)C3CCOCC3)CC2)cc(-n2cnc(C)c2C)n1. The van der Waals surface area contributed by atoms with Crippen molar-refractivity contribution in [2.45, 2.75) is 33.6 Å². The van der Waals surface area contributed by atoms with E-state index in [9.17, 15) is 4.79 Å². The van der Waals surface area contributed by atoms with E-state index in [4.69, 9.17) is 4.74 Å². The number of hydrogen-bond donors (Lipinski definition) is 0. The Hall–Kier alpha value is -2.48. The van der Waals surface area contributed by atoms with Gasteiger partial charge in [0.1, 0.15) is 23.8 Å². The van der Waals surface area contributed by atoms with Gasteiger partial charge in [-0.3, -0.25) is 9.36 Å². The number of carbonyl (C=O) groups excluding carboxylic acids is 1. The number of nitrogens with zero attached hydrogens (tertiary/aromatic N) is 6. The van der Waals surface area contributed by atoms with Crippen molar-refractivity contribution >= 4 is 11.7 Å². The summed E-state index contributed by atoms with van der Waals surface area (Å²) in [6.07, 6.45) is 3.50. The standard InChI is InChI=1S/C20H28N6O2/c1-14-15(2)26(13-21-14)19-12-18(22-16(3)23-19)24-6-8-25(9-7-24)20(27)17-4-10-28-11-5-17/h12-13,17H,4-11H2,1-3H3. The number of rotatable bonds is 3. The van der Waals surface area contributed by atoms with Crippen molar-refractivity contribution in [2.75, 3.05) is 44.3 Å². The third-order valence-corrected chi connectivity index (χ3v) is 5.80. The lowest BCUT2D eigenvalue weighted by atomic mass is 9.98. The number of amides is 1. The number of carbonyl (C=O) groups is 1. The largest absolute Gasteiger partial charge is 0.381 e. The molecule has 28 heavy (non-hydrogen) atoms. The molecule has 0 radical (unpaired) electrons. The minimum Gasteiger partial charge on any atom is -0.381 e. The Bertz CT molecular complexity index is 850. The highest BCUT2D eigenvalue weighted by atomic mass is 16.5. The molecule has 2 saturated heterocycles. The fourth-order valence-corrected chi connectivity index (χ4v) is 3.91. The fourth-order valence-electron chi connectivity index (χ4n) is 3.91. The van der Waals surface area contributed by atoms with Crippen LogP contribution in [-0.4, -0.2) is 69.7 Å². The molecular weight excluding hydrogens is 356 g/mol. The molecule has 0 N–H and O–H groups in total. The van der Waals surface area contributed by atoms with Crippen LogP contribution in [0.15, 0.2) is 12.4 Å². The molecular formula is C20H28N6O2. The number of aryl methyl sites for hydroxylation is 2. The van der Waals surface area contributed by atoms with E-state index >= 15 is 0 Å². The van der Waals surface area contributed by atoms with Gasteiger partial charge in [0, 0.05) is 57.1 Å². The number of imidazole rings is 1. The predicted molar refractivity (Wildman–Crippen MR) is 106 cm³/mol. The second-order valence-electron chi connectivity index (χ2n) is 7.62. The van der Waals surface area contributed by atoms with E-state index in [1.165, 1.54) is 0 Å². The molecule has 2 aromatic heterocycles. The Morgan fingerprint density at radius 3 is 2.36 bits per heavy atom. The van der Waals surface area contributed by atoms with Gasteiger partial charge in [-0.2, -0.15) is 0 Å². The van der Waals surface area contributed by atoms with Crippen molar-refractivity contribution in [1.82, 2.24) is 24.4 Å². The van der Waals surface area contributed by atoms with E-state index in [2.05, 4.69) is 19.9 Å². The van der Waals surface area contributed by atoms with Crippen LogP contribution in [0.5, 0.6) is 0 Å². The summed E-state index contributed by atoms with van der Waals surface area (Å²) in [7, 11) is 0. The second kappa shape index (κ2) is 7.87. The van der Waals surface area contributed by atoms with Crippen LogP contribution in [-0.2, 0) is 9.53 Å². The smallest absolute Gasteiger partial charge is 0.225 e. The zero-order chi connectivity index (χ0) is 19.7. The molecule has 0 atom stereocenters. The van der Waals surface area contributed by atoms with E-state index in [1.807, 2.05) is 36.3 Å². The Balaban J connectivity index is 1.46. The maximum atomic E-state index is 12.7. The molecule has 0 bridgehead atoms.